The second-order valence-corrected chi connectivity index (χ2v) is 7.27. The van der Waals surface area contributed by atoms with E-state index in [0.29, 0.717) is 35.9 Å². The normalized spacial score (nSPS) is 14.3. The highest BCUT2D eigenvalue weighted by atomic mass is 32.2. The predicted molar refractivity (Wildman–Crippen MR) is 104 cm³/mol. The van der Waals surface area contributed by atoms with Gasteiger partial charge in [0.2, 0.25) is 0 Å². The maximum Gasteiger partial charge on any atom is 0.354 e. The molecule has 0 fully saturated rings. The number of rotatable bonds is 4. The number of H-pyrrole nitrogens is 2. The molecule has 0 aliphatic carbocycles. The first kappa shape index (κ1) is 17.8. The highest BCUT2D eigenvalue weighted by Gasteiger charge is 2.25. The molecule has 2 N–H and O–H groups in total. The van der Waals surface area contributed by atoms with Gasteiger partial charge in [0.25, 0.3) is 5.56 Å². The quantitative estimate of drug-likeness (QED) is 0.408. The molecule has 140 valence electrons. The summed E-state index contributed by atoms with van der Waals surface area (Å²) in [7, 11) is 1.38. The number of para-hydroxylation sites is 1. The van der Waals surface area contributed by atoms with Crippen molar-refractivity contribution in [3.05, 3.63) is 57.1 Å². The van der Waals surface area contributed by atoms with Crippen molar-refractivity contribution in [2.45, 2.75) is 24.7 Å². The lowest BCUT2D eigenvalue weighted by atomic mass is 10.0. The van der Waals surface area contributed by atoms with Gasteiger partial charge < -0.3 is 14.7 Å². The summed E-state index contributed by atoms with van der Waals surface area (Å²) in [6, 6.07) is 7.81. The fourth-order valence-corrected chi connectivity index (χ4v) is 3.95. The number of thioether (sulfide) groups is 1. The number of carbonyl (C=O) groups excluding carboxylic acids is 1. The number of aromatic nitrogens is 3. The Balaban J connectivity index is 1.68. The van der Waals surface area contributed by atoms with Gasteiger partial charge in [-0.3, -0.25) is 9.69 Å². The smallest absolute Gasteiger partial charge is 0.354 e. The van der Waals surface area contributed by atoms with Crippen LogP contribution in [0.2, 0.25) is 0 Å². The minimum absolute atomic E-state index is 0.0823. The standard InChI is InChI=1S/C19H20N4O3S/c1-26-18(25)16-12(11-5-3-4-6-14(11)20-16)9-23-8-7-15-13(10-23)17(24)22-19(21-15)27-2/h3-6,20H,7-10H2,1-2H3,(H,21,22,24). The molecule has 0 saturated carbocycles. The fraction of sp³-hybridized carbons (Fsp3) is 0.316. The zero-order valence-electron chi connectivity index (χ0n) is 15.2. The van der Waals surface area contributed by atoms with E-state index in [4.69, 9.17) is 4.74 Å². The Kier molecular flexibility index (Phi) is 4.75. The predicted octanol–water partition coefficient (Wildman–Crippen LogP) is 2.32. The summed E-state index contributed by atoms with van der Waals surface area (Å²) in [5, 5.41) is 1.64. The molecule has 2 aromatic heterocycles. The molecule has 27 heavy (non-hydrogen) atoms. The van der Waals surface area contributed by atoms with E-state index in [0.717, 1.165) is 28.7 Å². The van der Waals surface area contributed by atoms with Crippen molar-refractivity contribution in [2.24, 2.45) is 0 Å². The number of benzene rings is 1. The molecule has 0 saturated heterocycles. The summed E-state index contributed by atoms with van der Waals surface area (Å²) in [6.45, 7) is 1.83. The minimum Gasteiger partial charge on any atom is -0.464 e. The molecule has 0 bridgehead atoms. The van der Waals surface area contributed by atoms with Crippen molar-refractivity contribution in [1.82, 2.24) is 19.9 Å². The number of methoxy groups -OCH3 is 1. The molecule has 3 heterocycles. The molecule has 0 atom stereocenters. The average Bonchev–Trinajstić information content (AvgIpc) is 3.06. The van der Waals surface area contributed by atoms with Crippen LogP contribution in [0, 0.1) is 0 Å². The van der Waals surface area contributed by atoms with Crippen LogP contribution in [0.1, 0.15) is 27.3 Å². The Morgan fingerprint density at radius 2 is 2.15 bits per heavy atom. The van der Waals surface area contributed by atoms with Gasteiger partial charge in [0.05, 0.1) is 18.4 Å². The van der Waals surface area contributed by atoms with E-state index >= 15 is 0 Å². The van der Waals surface area contributed by atoms with Crippen LogP contribution in [-0.4, -0.2) is 45.7 Å². The first-order valence-corrected chi connectivity index (χ1v) is 9.89. The summed E-state index contributed by atoms with van der Waals surface area (Å²) in [6.07, 6.45) is 2.61. The molecule has 7 nitrogen and oxygen atoms in total. The van der Waals surface area contributed by atoms with Crippen molar-refractivity contribution < 1.29 is 9.53 Å². The van der Waals surface area contributed by atoms with E-state index in [-0.39, 0.29) is 11.5 Å². The molecule has 0 radical (unpaired) electrons. The Morgan fingerprint density at radius 1 is 1.33 bits per heavy atom. The Bertz CT molecular complexity index is 1070. The molecule has 4 rings (SSSR count). The van der Waals surface area contributed by atoms with Gasteiger partial charge in [-0.05, 0) is 12.3 Å². The first-order chi connectivity index (χ1) is 13.1. The lowest BCUT2D eigenvalue weighted by molar-refractivity contribution is 0.0592. The van der Waals surface area contributed by atoms with Gasteiger partial charge >= 0.3 is 5.97 Å². The third-order valence-corrected chi connectivity index (χ3v) is 5.48. The van der Waals surface area contributed by atoms with Crippen LogP contribution < -0.4 is 5.56 Å². The highest BCUT2D eigenvalue weighted by molar-refractivity contribution is 7.98. The van der Waals surface area contributed by atoms with Gasteiger partial charge in [0.15, 0.2) is 5.16 Å². The molecule has 0 spiro atoms. The number of carbonyl (C=O) groups is 1. The maximum absolute atomic E-state index is 12.4. The molecule has 1 aliphatic rings. The van der Waals surface area contributed by atoms with Gasteiger partial charge in [-0.25, -0.2) is 9.78 Å². The van der Waals surface area contributed by atoms with Crippen LogP contribution >= 0.6 is 11.8 Å². The minimum atomic E-state index is -0.386. The van der Waals surface area contributed by atoms with Crippen molar-refractivity contribution >= 4 is 28.6 Å². The first-order valence-electron chi connectivity index (χ1n) is 8.67. The third-order valence-electron chi connectivity index (χ3n) is 4.90. The molecule has 3 aromatic rings. The van der Waals surface area contributed by atoms with E-state index in [1.165, 1.54) is 18.9 Å². The fourth-order valence-electron chi connectivity index (χ4n) is 3.55. The van der Waals surface area contributed by atoms with Gasteiger partial charge in [-0.1, -0.05) is 30.0 Å². The Morgan fingerprint density at radius 3 is 2.93 bits per heavy atom. The van der Waals surface area contributed by atoms with Crippen LogP contribution in [0.25, 0.3) is 10.9 Å². The van der Waals surface area contributed by atoms with Crippen LogP contribution in [0.15, 0.2) is 34.2 Å². The number of nitrogens with one attached hydrogen (secondary N) is 2. The van der Waals surface area contributed by atoms with E-state index in [2.05, 4.69) is 19.9 Å². The number of ether oxygens (including phenoxy) is 1. The Hall–Kier alpha value is -2.58. The zero-order chi connectivity index (χ0) is 19.0. The molecular formula is C19H20N4O3S. The Labute approximate surface area is 160 Å². The van der Waals surface area contributed by atoms with Gasteiger partial charge in [-0.15, -0.1) is 0 Å². The highest BCUT2D eigenvalue weighted by Crippen LogP contribution is 2.26. The lowest BCUT2D eigenvalue weighted by Gasteiger charge is -2.27. The van der Waals surface area contributed by atoms with Crippen molar-refractivity contribution in [3.63, 3.8) is 0 Å². The molecule has 1 aromatic carbocycles. The second kappa shape index (κ2) is 7.21. The summed E-state index contributed by atoms with van der Waals surface area (Å²) in [5.74, 6) is -0.386. The van der Waals surface area contributed by atoms with Crippen LogP contribution in [0.3, 0.4) is 0 Å². The van der Waals surface area contributed by atoms with E-state index in [1.807, 2.05) is 30.5 Å². The van der Waals surface area contributed by atoms with Crippen LogP contribution in [0.5, 0.6) is 0 Å². The van der Waals surface area contributed by atoms with E-state index < -0.39 is 0 Å². The van der Waals surface area contributed by atoms with Gasteiger partial charge in [0, 0.05) is 42.5 Å². The van der Waals surface area contributed by atoms with E-state index in [1.54, 1.807) is 0 Å². The third kappa shape index (κ3) is 3.26. The van der Waals surface area contributed by atoms with Gasteiger partial charge in [0.1, 0.15) is 5.69 Å². The lowest BCUT2D eigenvalue weighted by Crippen LogP contribution is -2.35. The summed E-state index contributed by atoms with van der Waals surface area (Å²) >= 11 is 1.43. The number of fused-ring (bicyclic) bond motifs is 2. The van der Waals surface area contributed by atoms with Crippen molar-refractivity contribution in [3.8, 4) is 0 Å². The molecule has 8 heteroatoms. The monoisotopic (exact) mass is 384 g/mol. The van der Waals surface area contributed by atoms with Crippen molar-refractivity contribution in [1.29, 1.82) is 0 Å². The summed E-state index contributed by atoms with van der Waals surface area (Å²) < 4.78 is 4.94. The largest absolute Gasteiger partial charge is 0.464 e. The topological polar surface area (TPSA) is 91.1 Å². The molecule has 1 aliphatic heterocycles. The van der Waals surface area contributed by atoms with Crippen LogP contribution in [-0.2, 0) is 24.2 Å². The summed E-state index contributed by atoms with van der Waals surface area (Å²) in [5.41, 5.74) is 3.75. The maximum atomic E-state index is 12.4. The van der Waals surface area contributed by atoms with Crippen LogP contribution in [0.4, 0.5) is 0 Å². The average molecular weight is 384 g/mol. The number of aromatic amines is 2. The number of hydrogen-bond acceptors (Lipinski definition) is 6. The molecule has 0 amide bonds. The van der Waals surface area contributed by atoms with Gasteiger partial charge in [-0.2, -0.15) is 0 Å². The number of hydrogen-bond donors (Lipinski definition) is 2. The summed E-state index contributed by atoms with van der Waals surface area (Å²) in [4.78, 5) is 37.3. The number of esters is 1. The van der Waals surface area contributed by atoms with Crippen molar-refractivity contribution in [2.75, 3.05) is 19.9 Å². The SMILES string of the molecule is COC(=O)c1[nH]c2ccccc2c1CN1CCc2nc(SC)[nH]c(=O)c2C1. The van der Waals surface area contributed by atoms with E-state index in [9.17, 15) is 9.59 Å². The molecular weight excluding hydrogens is 364 g/mol. The molecule has 0 unspecified atom stereocenters. The zero-order valence-corrected chi connectivity index (χ0v) is 16.0. The second-order valence-electron chi connectivity index (χ2n) is 6.48. The number of nitrogens with zero attached hydrogens (tertiary/aromatic N) is 2.